The first kappa shape index (κ1) is 19.9. The van der Waals surface area contributed by atoms with Gasteiger partial charge in [-0.3, -0.25) is 4.79 Å². The Labute approximate surface area is 187 Å². The van der Waals surface area contributed by atoms with Crippen molar-refractivity contribution in [2.24, 2.45) is 0 Å². The number of nitrogens with one attached hydrogen (secondary N) is 1. The zero-order chi connectivity index (χ0) is 21.9. The first-order valence-electron chi connectivity index (χ1n) is 9.88. The Morgan fingerprint density at radius 1 is 0.938 bits per heavy atom. The normalized spacial score (nSPS) is 10.9. The van der Waals surface area contributed by atoms with E-state index < -0.39 is 5.91 Å². The third-order valence-electron chi connectivity index (χ3n) is 4.78. The van der Waals surface area contributed by atoms with Crippen molar-refractivity contribution in [3.63, 3.8) is 0 Å². The highest BCUT2D eigenvalue weighted by molar-refractivity contribution is 7.21. The van der Waals surface area contributed by atoms with Crippen LogP contribution in [0.2, 0.25) is 0 Å². The van der Waals surface area contributed by atoms with Crippen molar-refractivity contribution in [3.8, 4) is 22.0 Å². The number of benzene rings is 2. The second-order valence-electron chi connectivity index (χ2n) is 6.94. The van der Waals surface area contributed by atoms with Crippen molar-refractivity contribution < 1.29 is 9.90 Å². The molecule has 0 unspecified atom stereocenters. The Kier molecular flexibility index (Phi) is 5.37. The van der Waals surface area contributed by atoms with Gasteiger partial charge in [0.1, 0.15) is 21.0 Å². The minimum atomic E-state index is -0.397. The van der Waals surface area contributed by atoms with Gasteiger partial charge >= 0.3 is 0 Å². The summed E-state index contributed by atoms with van der Waals surface area (Å²) >= 11 is 1.46. The average Bonchev–Trinajstić information content (AvgIpc) is 3.29. The summed E-state index contributed by atoms with van der Waals surface area (Å²) in [4.78, 5) is 31.7. The highest BCUT2D eigenvalue weighted by Gasteiger charge is 2.16. The first-order chi connectivity index (χ1) is 15.7. The summed E-state index contributed by atoms with van der Waals surface area (Å²) in [6, 6.07) is 22.0. The monoisotopic (exact) mass is 439 g/mol. The summed E-state index contributed by atoms with van der Waals surface area (Å²) in [6.07, 6.45) is 1.73. The molecule has 0 atom stereocenters. The minimum Gasteiger partial charge on any atom is -0.390 e. The zero-order valence-corrected chi connectivity index (χ0v) is 17.6. The highest BCUT2D eigenvalue weighted by atomic mass is 32.1. The maximum Gasteiger partial charge on any atom is 0.274 e. The van der Waals surface area contributed by atoms with Gasteiger partial charge in [0.15, 0.2) is 5.82 Å². The summed E-state index contributed by atoms with van der Waals surface area (Å²) in [5.41, 5.74) is 3.52. The maximum absolute atomic E-state index is 13.1. The van der Waals surface area contributed by atoms with Crippen molar-refractivity contribution in [1.82, 2.24) is 19.9 Å². The lowest BCUT2D eigenvalue weighted by molar-refractivity contribution is 0.102. The summed E-state index contributed by atoms with van der Waals surface area (Å²) in [5.74, 6) is -0.0150. The molecule has 0 aliphatic heterocycles. The number of aliphatic hydroxyl groups is 1. The topological polar surface area (TPSA) is 101 Å². The fraction of sp³-hybridized carbons (Fsp3) is 0.0417. The molecular weight excluding hydrogens is 422 g/mol. The van der Waals surface area contributed by atoms with Crippen LogP contribution in [0.5, 0.6) is 0 Å². The molecular formula is C24H17N5O2S. The van der Waals surface area contributed by atoms with Gasteiger partial charge < -0.3 is 10.4 Å². The van der Waals surface area contributed by atoms with E-state index >= 15 is 0 Å². The molecule has 5 aromatic rings. The fourth-order valence-electron chi connectivity index (χ4n) is 3.26. The van der Waals surface area contributed by atoms with Crippen LogP contribution in [0.3, 0.4) is 0 Å². The molecule has 0 aliphatic rings. The average molecular weight is 440 g/mol. The van der Waals surface area contributed by atoms with E-state index in [1.165, 1.54) is 17.4 Å². The summed E-state index contributed by atoms with van der Waals surface area (Å²) < 4.78 is 0. The highest BCUT2D eigenvalue weighted by Crippen LogP contribution is 2.33. The molecule has 1 amide bonds. The number of aromatic nitrogens is 4. The number of para-hydroxylation sites is 1. The zero-order valence-electron chi connectivity index (χ0n) is 16.8. The molecule has 0 saturated heterocycles. The Morgan fingerprint density at radius 2 is 1.75 bits per heavy atom. The Balaban J connectivity index is 1.50. The smallest absolute Gasteiger partial charge is 0.274 e. The predicted octanol–water partition coefficient (Wildman–Crippen LogP) is 4.56. The summed E-state index contributed by atoms with van der Waals surface area (Å²) in [6.45, 7) is -0.294. The minimum absolute atomic E-state index is 0.170. The maximum atomic E-state index is 13.1. The molecule has 0 bridgehead atoms. The van der Waals surface area contributed by atoms with E-state index in [2.05, 4.69) is 25.3 Å². The van der Waals surface area contributed by atoms with E-state index in [0.29, 0.717) is 17.2 Å². The molecule has 7 nitrogen and oxygen atoms in total. The van der Waals surface area contributed by atoms with Gasteiger partial charge in [-0.05, 0) is 30.3 Å². The SMILES string of the molecule is O=C(Nc1ccccc1-c1nc2cccnc2s1)c1cc(CO)nc(-c2ccccc2)n1. The molecule has 0 radical (unpaired) electrons. The number of nitrogens with zero attached hydrogens (tertiary/aromatic N) is 4. The van der Waals surface area contributed by atoms with Gasteiger partial charge in [0, 0.05) is 17.3 Å². The van der Waals surface area contributed by atoms with Gasteiger partial charge in [0.05, 0.1) is 18.0 Å². The molecule has 32 heavy (non-hydrogen) atoms. The van der Waals surface area contributed by atoms with Gasteiger partial charge in [0.25, 0.3) is 5.91 Å². The third-order valence-corrected chi connectivity index (χ3v) is 5.79. The number of fused-ring (bicyclic) bond motifs is 1. The molecule has 0 aliphatic carbocycles. The van der Waals surface area contributed by atoms with Gasteiger partial charge in [-0.15, -0.1) is 0 Å². The van der Waals surface area contributed by atoms with E-state index in [9.17, 15) is 9.90 Å². The Bertz CT molecular complexity index is 1390. The van der Waals surface area contributed by atoms with E-state index in [1.807, 2.05) is 66.7 Å². The van der Waals surface area contributed by atoms with Crippen LogP contribution in [0.1, 0.15) is 16.2 Å². The first-order valence-corrected chi connectivity index (χ1v) is 10.7. The second-order valence-corrected chi connectivity index (χ2v) is 7.92. The van der Waals surface area contributed by atoms with E-state index in [4.69, 9.17) is 0 Å². The standard InChI is InChI=1S/C24H17N5O2S/c30-14-16-13-20(27-21(26-16)15-7-2-1-3-8-15)22(31)28-18-10-5-4-9-17(18)23-29-19-11-6-12-25-24(19)32-23/h1-13,30H,14H2,(H,28,31). The van der Waals surface area contributed by atoms with Crippen LogP contribution in [0.15, 0.2) is 79.0 Å². The number of rotatable bonds is 5. The molecule has 8 heteroatoms. The number of hydrogen-bond donors (Lipinski definition) is 2. The van der Waals surface area contributed by atoms with Crippen LogP contribution < -0.4 is 5.32 Å². The molecule has 2 N–H and O–H groups in total. The number of amides is 1. The Morgan fingerprint density at radius 3 is 2.56 bits per heavy atom. The van der Waals surface area contributed by atoms with Crippen LogP contribution in [0.4, 0.5) is 5.69 Å². The van der Waals surface area contributed by atoms with Crippen molar-refractivity contribution in [2.75, 3.05) is 5.32 Å². The van der Waals surface area contributed by atoms with Crippen molar-refractivity contribution in [1.29, 1.82) is 0 Å². The van der Waals surface area contributed by atoms with Gasteiger partial charge in [0.2, 0.25) is 0 Å². The van der Waals surface area contributed by atoms with Crippen LogP contribution in [0, 0.1) is 0 Å². The largest absolute Gasteiger partial charge is 0.390 e. The van der Waals surface area contributed by atoms with Crippen LogP contribution >= 0.6 is 11.3 Å². The number of aliphatic hydroxyl groups excluding tert-OH is 1. The molecule has 156 valence electrons. The number of carbonyl (C=O) groups is 1. The van der Waals surface area contributed by atoms with Gasteiger partial charge in [-0.1, -0.05) is 53.8 Å². The van der Waals surface area contributed by atoms with Crippen molar-refractivity contribution >= 4 is 33.3 Å². The number of pyridine rings is 1. The lowest BCUT2D eigenvalue weighted by atomic mass is 10.1. The third kappa shape index (κ3) is 3.96. The Hall–Kier alpha value is -4.01. The lowest BCUT2D eigenvalue weighted by Crippen LogP contribution is -2.16. The molecule has 2 aromatic carbocycles. The van der Waals surface area contributed by atoms with E-state index in [-0.39, 0.29) is 12.3 Å². The van der Waals surface area contributed by atoms with Crippen molar-refractivity contribution in [2.45, 2.75) is 6.61 Å². The second kappa shape index (κ2) is 8.62. The van der Waals surface area contributed by atoms with Crippen LogP contribution in [0.25, 0.3) is 32.3 Å². The number of carbonyl (C=O) groups excluding carboxylic acids is 1. The molecule has 0 fully saturated rings. The van der Waals surface area contributed by atoms with Crippen LogP contribution in [-0.2, 0) is 6.61 Å². The fourth-order valence-corrected chi connectivity index (χ4v) is 4.21. The quantitative estimate of drug-likeness (QED) is 0.416. The number of hydrogen-bond acceptors (Lipinski definition) is 7. The summed E-state index contributed by atoms with van der Waals surface area (Å²) in [7, 11) is 0. The van der Waals surface area contributed by atoms with E-state index in [0.717, 1.165) is 26.5 Å². The summed E-state index contributed by atoms with van der Waals surface area (Å²) in [5, 5.41) is 13.3. The lowest BCUT2D eigenvalue weighted by Gasteiger charge is -2.10. The molecule has 3 heterocycles. The predicted molar refractivity (Wildman–Crippen MR) is 124 cm³/mol. The molecule has 0 spiro atoms. The van der Waals surface area contributed by atoms with Gasteiger partial charge in [-0.2, -0.15) is 0 Å². The number of thiazole rings is 1. The van der Waals surface area contributed by atoms with Crippen molar-refractivity contribution in [3.05, 3.63) is 90.4 Å². The van der Waals surface area contributed by atoms with E-state index in [1.54, 1.807) is 6.20 Å². The van der Waals surface area contributed by atoms with Gasteiger partial charge in [-0.25, -0.2) is 19.9 Å². The molecule has 3 aromatic heterocycles. The van der Waals surface area contributed by atoms with Crippen LogP contribution in [-0.4, -0.2) is 30.9 Å². The number of anilines is 1. The molecule has 0 saturated carbocycles. The molecule has 5 rings (SSSR count).